The second-order valence-corrected chi connectivity index (χ2v) is 11.0. The highest BCUT2D eigenvalue weighted by Gasteiger charge is 2.37. The van der Waals surface area contributed by atoms with Crippen molar-refractivity contribution >= 4 is 57.9 Å². The molecule has 2 heterocycles. The number of aryl methyl sites for hydroxylation is 1. The minimum absolute atomic E-state index is 0.0642. The van der Waals surface area contributed by atoms with E-state index in [1.54, 1.807) is 30.3 Å². The number of fused-ring (bicyclic) bond motifs is 1. The van der Waals surface area contributed by atoms with Crippen molar-refractivity contribution in [3.8, 4) is 0 Å². The lowest BCUT2D eigenvalue weighted by Gasteiger charge is -2.45. The quantitative estimate of drug-likeness (QED) is 0.521. The van der Waals surface area contributed by atoms with E-state index in [4.69, 9.17) is 11.6 Å². The second kappa shape index (κ2) is 9.12. The van der Waals surface area contributed by atoms with Crippen molar-refractivity contribution in [2.75, 3.05) is 23.8 Å². The van der Waals surface area contributed by atoms with E-state index in [0.29, 0.717) is 21.5 Å². The number of rotatable bonds is 4. The zero-order chi connectivity index (χ0) is 24.8. The normalized spacial score (nSPS) is 20.6. The van der Waals surface area contributed by atoms with Gasteiger partial charge in [-0.05, 0) is 98.0 Å². The van der Waals surface area contributed by atoms with E-state index in [9.17, 15) is 14.4 Å². The van der Waals surface area contributed by atoms with E-state index in [2.05, 4.69) is 50.2 Å². The number of halogens is 1. The van der Waals surface area contributed by atoms with Crippen LogP contribution in [0.4, 0.5) is 16.2 Å². The van der Waals surface area contributed by atoms with Gasteiger partial charge in [0.05, 0.1) is 4.91 Å². The van der Waals surface area contributed by atoms with Gasteiger partial charge in [-0.25, -0.2) is 0 Å². The number of hydrogen-bond donors (Lipinski definition) is 1. The van der Waals surface area contributed by atoms with E-state index >= 15 is 0 Å². The van der Waals surface area contributed by atoms with Crippen LogP contribution in [0.15, 0.2) is 41.3 Å². The number of carbonyl (C=O) groups is 3. The van der Waals surface area contributed by atoms with E-state index in [0.717, 1.165) is 34.2 Å². The van der Waals surface area contributed by atoms with Crippen molar-refractivity contribution < 1.29 is 14.4 Å². The molecule has 2 aliphatic heterocycles. The van der Waals surface area contributed by atoms with Crippen LogP contribution in [0.5, 0.6) is 0 Å². The van der Waals surface area contributed by atoms with Crippen molar-refractivity contribution in [3.05, 3.63) is 63.0 Å². The molecule has 34 heavy (non-hydrogen) atoms. The van der Waals surface area contributed by atoms with Crippen LogP contribution in [0.1, 0.15) is 49.8 Å². The summed E-state index contributed by atoms with van der Waals surface area (Å²) in [6.07, 6.45) is 2.79. The Hall–Kier alpha value is -2.77. The van der Waals surface area contributed by atoms with Crippen LogP contribution in [0.2, 0.25) is 5.02 Å². The van der Waals surface area contributed by atoms with E-state index < -0.39 is 17.1 Å². The topological polar surface area (TPSA) is 69.7 Å². The first-order valence-electron chi connectivity index (χ1n) is 11.2. The predicted molar refractivity (Wildman–Crippen MR) is 139 cm³/mol. The van der Waals surface area contributed by atoms with Gasteiger partial charge in [-0.3, -0.25) is 19.3 Å². The van der Waals surface area contributed by atoms with Gasteiger partial charge < -0.3 is 10.2 Å². The van der Waals surface area contributed by atoms with Crippen LogP contribution in [0, 0.1) is 6.92 Å². The average molecular weight is 498 g/mol. The van der Waals surface area contributed by atoms with Crippen LogP contribution in [-0.4, -0.2) is 41.1 Å². The first kappa shape index (κ1) is 24.4. The predicted octanol–water partition coefficient (Wildman–Crippen LogP) is 6.05. The summed E-state index contributed by atoms with van der Waals surface area (Å²) in [4.78, 5) is 41.5. The molecule has 2 aromatic rings. The first-order valence-corrected chi connectivity index (χ1v) is 12.3. The summed E-state index contributed by atoms with van der Waals surface area (Å²) < 4.78 is 0. The molecule has 1 atom stereocenters. The third-order valence-electron chi connectivity index (χ3n) is 6.59. The maximum atomic E-state index is 13.0. The number of nitrogens with zero attached hydrogens (tertiary/aromatic N) is 2. The lowest BCUT2D eigenvalue weighted by atomic mass is 9.79. The molecule has 1 fully saturated rings. The molecule has 8 heteroatoms. The molecule has 2 aliphatic rings. The van der Waals surface area contributed by atoms with Gasteiger partial charge in [0.1, 0.15) is 6.54 Å². The summed E-state index contributed by atoms with van der Waals surface area (Å²) in [5.74, 6) is -0.547. The van der Waals surface area contributed by atoms with Crippen molar-refractivity contribution in [2.45, 2.75) is 45.6 Å². The van der Waals surface area contributed by atoms with Gasteiger partial charge >= 0.3 is 0 Å². The van der Waals surface area contributed by atoms with Crippen LogP contribution in [0.3, 0.4) is 0 Å². The number of benzene rings is 2. The van der Waals surface area contributed by atoms with Crippen LogP contribution < -0.4 is 10.2 Å². The number of thioether (sulfide) groups is 1. The SMILES string of the molecule is Cc1cc2c(cc1/C=C1/SC(=O)N(CC(=O)Nc3cccc(Cl)c3)C1=O)C(C)CC(C)(C)N2C. The molecule has 1 unspecified atom stereocenters. The highest BCUT2D eigenvalue weighted by Crippen LogP contribution is 2.44. The smallest absolute Gasteiger partial charge is 0.294 e. The molecule has 0 radical (unpaired) electrons. The minimum Gasteiger partial charge on any atom is -0.369 e. The van der Waals surface area contributed by atoms with Crippen LogP contribution >= 0.6 is 23.4 Å². The molecule has 0 aliphatic carbocycles. The Labute approximate surface area is 209 Å². The Balaban J connectivity index is 1.54. The fourth-order valence-electron chi connectivity index (χ4n) is 4.58. The standard InChI is InChI=1S/C26H28ClN3O3S/c1-15-9-21-20(16(2)13-26(3,4)29(21)5)10-17(15)11-22-24(32)30(25(33)34-22)14-23(31)28-19-8-6-7-18(27)12-19/h6-12,16H,13-14H2,1-5H3,(H,28,31)/b22-11+. The molecule has 1 saturated heterocycles. The number of anilines is 2. The molecular formula is C26H28ClN3O3S. The van der Waals surface area contributed by atoms with Gasteiger partial charge in [-0.1, -0.05) is 24.6 Å². The molecule has 0 bridgehead atoms. The maximum absolute atomic E-state index is 13.0. The molecule has 6 nitrogen and oxygen atoms in total. The fourth-order valence-corrected chi connectivity index (χ4v) is 5.60. The number of nitrogens with one attached hydrogen (secondary N) is 1. The van der Waals surface area contributed by atoms with Gasteiger partial charge in [0.15, 0.2) is 0 Å². The van der Waals surface area contributed by atoms with Crippen molar-refractivity contribution in [1.82, 2.24) is 4.90 Å². The van der Waals surface area contributed by atoms with Gasteiger partial charge in [-0.2, -0.15) is 0 Å². The molecule has 178 valence electrons. The molecule has 4 rings (SSSR count). The Kier molecular flexibility index (Phi) is 6.53. The lowest BCUT2D eigenvalue weighted by molar-refractivity contribution is -0.127. The van der Waals surface area contributed by atoms with Gasteiger partial charge in [-0.15, -0.1) is 0 Å². The van der Waals surface area contributed by atoms with E-state index in [1.165, 1.54) is 11.3 Å². The van der Waals surface area contributed by atoms with Gasteiger partial charge in [0.25, 0.3) is 11.1 Å². The number of imide groups is 1. The molecule has 1 N–H and O–H groups in total. The molecule has 0 saturated carbocycles. The Morgan fingerprint density at radius 3 is 2.71 bits per heavy atom. The van der Waals surface area contributed by atoms with Crippen molar-refractivity contribution in [1.29, 1.82) is 0 Å². The zero-order valence-electron chi connectivity index (χ0n) is 19.9. The zero-order valence-corrected chi connectivity index (χ0v) is 21.5. The minimum atomic E-state index is -0.463. The Morgan fingerprint density at radius 2 is 2.00 bits per heavy atom. The molecule has 3 amide bonds. The summed E-state index contributed by atoms with van der Waals surface area (Å²) >= 11 is 6.81. The summed E-state index contributed by atoms with van der Waals surface area (Å²) in [6, 6.07) is 11.0. The molecule has 0 aromatic heterocycles. The van der Waals surface area contributed by atoms with E-state index in [1.807, 2.05) is 6.92 Å². The molecule has 2 aromatic carbocycles. The highest BCUT2D eigenvalue weighted by molar-refractivity contribution is 8.18. The maximum Gasteiger partial charge on any atom is 0.294 e. The first-order chi connectivity index (χ1) is 16.0. The summed E-state index contributed by atoms with van der Waals surface area (Å²) in [6.45, 7) is 8.37. The van der Waals surface area contributed by atoms with Crippen LogP contribution in [0.25, 0.3) is 6.08 Å². The number of hydrogen-bond acceptors (Lipinski definition) is 5. The lowest BCUT2D eigenvalue weighted by Crippen LogP contribution is -2.45. The fraction of sp³-hybridized carbons (Fsp3) is 0.346. The highest BCUT2D eigenvalue weighted by atomic mass is 35.5. The number of amides is 3. The monoisotopic (exact) mass is 497 g/mol. The van der Waals surface area contributed by atoms with E-state index in [-0.39, 0.29) is 12.1 Å². The summed E-state index contributed by atoms with van der Waals surface area (Å²) in [5.41, 5.74) is 4.94. The summed E-state index contributed by atoms with van der Waals surface area (Å²) in [5, 5.41) is 2.70. The number of carbonyl (C=O) groups excluding carboxylic acids is 3. The summed E-state index contributed by atoms with van der Waals surface area (Å²) in [7, 11) is 2.11. The van der Waals surface area contributed by atoms with Crippen LogP contribution in [-0.2, 0) is 9.59 Å². The second-order valence-electron chi connectivity index (χ2n) is 9.57. The third-order valence-corrected chi connectivity index (χ3v) is 7.73. The molecular weight excluding hydrogens is 470 g/mol. The van der Waals surface area contributed by atoms with Gasteiger partial charge in [0, 0.05) is 29.0 Å². The van der Waals surface area contributed by atoms with Gasteiger partial charge in [0.2, 0.25) is 5.91 Å². The molecule has 0 spiro atoms. The average Bonchev–Trinajstić information content (AvgIpc) is 3.00. The third kappa shape index (κ3) is 4.72. The largest absolute Gasteiger partial charge is 0.369 e. The van der Waals surface area contributed by atoms with Crippen molar-refractivity contribution in [2.24, 2.45) is 0 Å². The Morgan fingerprint density at radius 1 is 1.26 bits per heavy atom. The van der Waals surface area contributed by atoms with Crippen molar-refractivity contribution in [3.63, 3.8) is 0 Å². The Bertz CT molecular complexity index is 1220.